The number of aromatic nitrogens is 1. The van der Waals surface area contributed by atoms with Crippen molar-refractivity contribution in [3.63, 3.8) is 0 Å². The number of hydrogen-bond acceptors (Lipinski definition) is 6. The minimum Gasteiger partial charge on any atom is -0.366 e. The summed E-state index contributed by atoms with van der Waals surface area (Å²) in [4.78, 5) is 34.6. The van der Waals surface area contributed by atoms with Crippen LogP contribution in [0.1, 0.15) is 34.8 Å². The highest BCUT2D eigenvalue weighted by molar-refractivity contribution is 6.10. The van der Waals surface area contributed by atoms with Gasteiger partial charge < -0.3 is 15.3 Å². The van der Waals surface area contributed by atoms with Crippen molar-refractivity contribution in [3.05, 3.63) is 102 Å². The summed E-state index contributed by atoms with van der Waals surface area (Å²) in [7, 11) is 0. The highest BCUT2D eigenvalue weighted by atomic mass is 19.1. The molecule has 1 amide bonds. The lowest BCUT2D eigenvalue weighted by Gasteiger charge is -2.35. The van der Waals surface area contributed by atoms with E-state index in [9.17, 15) is 23.5 Å². The van der Waals surface area contributed by atoms with E-state index >= 15 is 0 Å². The third-order valence-electron chi connectivity index (χ3n) is 5.17. The highest BCUT2D eigenvalue weighted by Crippen LogP contribution is 2.31. The number of amidine groups is 1. The third kappa shape index (κ3) is 4.74. The van der Waals surface area contributed by atoms with Crippen molar-refractivity contribution in [2.24, 2.45) is 4.99 Å². The molecule has 0 saturated heterocycles. The van der Waals surface area contributed by atoms with Crippen LogP contribution in [0.15, 0.2) is 78.2 Å². The molecule has 2 aromatic carbocycles. The summed E-state index contributed by atoms with van der Waals surface area (Å²) in [5.41, 5.74) is 1.74. The number of ketones is 1. The van der Waals surface area contributed by atoms with Gasteiger partial charge in [0.05, 0.1) is 23.8 Å². The second-order valence-corrected chi connectivity index (χ2v) is 7.45. The van der Waals surface area contributed by atoms with Gasteiger partial charge in [0.25, 0.3) is 0 Å². The molecule has 172 valence electrons. The van der Waals surface area contributed by atoms with E-state index in [1.165, 1.54) is 78.1 Å². The van der Waals surface area contributed by atoms with Crippen molar-refractivity contribution in [1.82, 2.24) is 10.3 Å². The van der Waals surface area contributed by atoms with Gasteiger partial charge >= 0.3 is 0 Å². The number of aliphatic hydroxyl groups excluding tert-OH is 1. The highest BCUT2D eigenvalue weighted by Gasteiger charge is 2.31. The number of aliphatic imine (C=N–C) groups is 1. The first-order valence-corrected chi connectivity index (χ1v) is 10.4. The van der Waals surface area contributed by atoms with Crippen LogP contribution in [-0.2, 0) is 4.79 Å². The zero-order valence-corrected chi connectivity index (χ0v) is 18.1. The fourth-order valence-corrected chi connectivity index (χ4v) is 3.41. The first-order valence-electron chi connectivity index (χ1n) is 10.4. The van der Waals surface area contributed by atoms with Crippen LogP contribution in [-0.4, -0.2) is 33.8 Å². The number of benzene rings is 2. The number of pyridine rings is 1. The van der Waals surface area contributed by atoms with E-state index in [2.05, 4.69) is 15.3 Å². The molecule has 9 heteroatoms. The number of rotatable bonds is 5. The Morgan fingerprint density at radius 1 is 1.00 bits per heavy atom. The number of carbonyl (C=O) groups excluding carboxylic acids is 2. The number of halogens is 2. The summed E-state index contributed by atoms with van der Waals surface area (Å²) in [6, 6.07) is 12.2. The van der Waals surface area contributed by atoms with E-state index in [1.807, 2.05) is 0 Å². The van der Waals surface area contributed by atoms with Crippen LogP contribution in [0.25, 0.3) is 5.70 Å². The van der Waals surface area contributed by atoms with Crippen LogP contribution < -0.4 is 10.2 Å². The molecule has 0 radical (unpaired) electrons. The normalized spacial score (nSPS) is 15.4. The van der Waals surface area contributed by atoms with Gasteiger partial charge in [-0.15, -0.1) is 0 Å². The predicted octanol–water partition coefficient (Wildman–Crippen LogP) is 3.65. The first kappa shape index (κ1) is 22.9. The second-order valence-electron chi connectivity index (χ2n) is 7.45. The average molecular weight is 462 g/mol. The molecule has 3 aromatic rings. The lowest BCUT2D eigenvalue weighted by molar-refractivity contribution is -0.119. The summed E-state index contributed by atoms with van der Waals surface area (Å²) in [6.45, 7) is 1.66. The molecule has 0 bridgehead atoms. The lowest BCUT2D eigenvalue weighted by atomic mass is 10.0. The maximum absolute atomic E-state index is 13.5. The molecule has 2 N–H and O–H groups in total. The number of amides is 1. The lowest BCUT2D eigenvalue weighted by Crippen LogP contribution is -2.49. The number of carbonyl (C=O) groups is 2. The molecular weight excluding hydrogens is 442 g/mol. The number of nitrogens with zero attached hydrogens (tertiary/aromatic N) is 3. The summed E-state index contributed by atoms with van der Waals surface area (Å²) < 4.78 is 26.8. The van der Waals surface area contributed by atoms with Crippen LogP contribution in [0.2, 0.25) is 0 Å². The van der Waals surface area contributed by atoms with Gasteiger partial charge in [0.1, 0.15) is 11.6 Å². The number of aliphatic hydroxyl groups is 1. The zero-order chi connectivity index (χ0) is 24.2. The Labute approximate surface area is 194 Å². The van der Waals surface area contributed by atoms with Crippen LogP contribution in [0.3, 0.4) is 0 Å². The van der Waals surface area contributed by atoms with Crippen molar-refractivity contribution in [2.45, 2.75) is 19.6 Å². The Morgan fingerprint density at radius 3 is 2.29 bits per heavy atom. The fraction of sp³-hybridized carbons (Fsp3) is 0.120. The summed E-state index contributed by atoms with van der Waals surface area (Å²) in [5.74, 6) is -1.63. The van der Waals surface area contributed by atoms with Gasteiger partial charge in [0.2, 0.25) is 5.91 Å². The van der Waals surface area contributed by atoms with Gasteiger partial charge in [0.15, 0.2) is 17.8 Å². The molecular formula is C25H20F2N4O3. The maximum Gasteiger partial charge on any atom is 0.225 e. The SMILES string of the molecule is CCC(=O)NC1=NC=C(c2ccc(F)cc2)N(c2cncc(C(=O)c3ccc(F)cc3)c2)C1O. The molecule has 1 atom stereocenters. The van der Waals surface area contributed by atoms with Crippen molar-refractivity contribution < 1.29 is 23.5 Å². The van der Waals surface area contributed by atoms with E-state index < -0.39 is 17.9 Å². The Hall–Kier alpha value is -4.24. The zero-order valence-electron chi connectivity index (χ0n) is 18.1. The molecule has 1 unspecified atom stereocenters. The molecule has 4 rings (SSSR count). The molecule has 1 aliphatic heterocycles. The largest absolute Gasteiger partial charge is 0.366 e. The molecule has 2 heterocycles. The van der Waals surface area contributed by atoms with E-state index in [4.69, 9.17) is 0 Å². The van der Waals surface area contributed by atoms with Gasteiger partial charge in [-0.2, -0.15) is 0 Å². The van der Waals surface area contributed by atoms with Gasteiger partial charge in [-0.1, -0.05) is 6.92 Å². The quantitative estimate of drug-likeness (QED) is 0.565. The molecule has 1 aliphatic rings. The average Bonchev–Trinajstić information content (AvgIpc) is 2.85. The molecule has 7 nitrogen and oxygen atoms in total. The standard InChI is InChI=1S/C25H20F2N4O3/c1-2-22(32)30-24-25(34)31(21(14-29-24)15-3-7-18(26)8-4-15)20-11-17(12-28-13-20)23(33)16-5-9-19(27)10-6-16/h3-14,25,34H,2H2,1H3,(H,29,30,32). The number of anilines is 1. The van der Waals surface area contributed by atoms with Crippen molar-refractivity contribution in [1.29, 1.82) is 0 Å². The molecule has 0 aliphatic carbocycles. The smallest absolute Gasteiger partial charge is 0.225 e. The van der Waals surface area contributed by atoms with Gasteiger partial charge in [-0.05, 0) is 54.6 Å². The van der Waals surface area contributed by atoms with Crippen molar-refractivity contribution in [3.8, 4) is 0 Å². The Kier molecular flexibility index (Phi) is 6.55. The number of nitrogens with one attached hydrogen (secondary N) is 1. The van der Waals surface area contributed by atoms with Crippen LogP contribution in [0.5, 0.6) is 0 Å². The topological polar surface area (TPSA) is 94.9 Å². The van der Waals surface area contributed by atoms with E-state index in [1.54, 1.807) is 6.92 Å². The monoisotopic (exact) mass is 462 g/mol. The van der Waals surface area contributed by atoms with Crippen LogP contribution in [0, 0.1) is 11.6 Å². The van der Waals surface area contributed by atoms with Crippen molar-refractivity contribution >= 4 is 28.9 Å². The summed E-state index contributed by atoms with van der Waals surface area (Å²) in [5, 5.41) is 13.7. The van der Waals surface area contributed by atoms with Gasteiger partial charge in [0, 0.05) is 29.3 Å². The van der Waals surface area contributed by atoms with Gasteiger partial charge in [-0.25, -0.2) is 13.8 Å². The van der Waals surface area contributed by atoms with Crippen LogP contribution in [0.4, 0.5) is 14.5 Å². The molecule has 0 fully saturated rings. The fourth-order valence-electron chi connectivity index (χ4n) is 3.41. The molecule has 0 spiro atoms. The second kappa shape index (κ2) is 9.72. The maximum atomic E-state index is 13.5. The predicted molar refractivity (Wildman–Crippen MR) is 123 cm³/mol. The molecule has 0 saturated carbocycles. The Morgan fingerprint density at radius 2 is 1.65 bits per heavy atom. The van der Waals surface area contributed by atoms with Crippen molar-refractivity contribution in [2.75, 3.05) is 4.90 Å². The Balaban J connectivity index is 1.75. The van der Waals surface area contributed by atoms with E-state index in [0.717, 1.165) is 0 Å². The minimum absolute atomic E-state index is 0.00650. The minimum atomic E-state index is -1.42. The summed E-state index contributed by atoms with van der Waals surface area (Å²) >= 11 is 0. The summed E-state index contributed by atoms with van der Waals surface area (Å²) in [6.07, 6.45) is 3.00. The van der Waals surface area contributed by atoms with E-state index in [-0.39, 0.29) is 35.1 Å². The van der Waals surface area contributed by atoms with Gasteiger partial charge in [-0.3, -0.25) is 14.6 Å². The van der Waals surface area contributed by atoms with E-state index in [0.29, 0.717) is 16.9 Å². The van der Waals surface area contributed by atoms with Crippen LogP contribution >= 0.6 is 0 Å². The first-order chi connectivity index (χ1) is 16.4. The third-order valence-corrected chi connectivity index (χ3v) is 5.17. The molecule has 34 heavy (non-hydrogen) atoms. The Bertz CT molecular complexity index is 1290. The number of hydrogen-bond donors (Lipinski definition) is 2. The molecule has 1 aromatic heterocycles.